The lowest BCUT2D eigenvalue weighted by atomic mass is 9.93. The first kappa shape index (κ1) is 29.8. The van der Waals surface area contributed by atoms with Gasteiger partial charge in [0.2, 0.25) is 0 Å². The predicted octanol–water partition coefficient (Wildman–Crippen LogP) is 6.74. The number of benzene rings is 3. The topological polar surface area (TPSA) is 69.9 Å². The van der Waals surface area contributed by atoms with Crippen molar-refractivity contribution in [2.24, 2.45) is 4.99 Å². The minimum atomic E-state index is -0.769. The number of carbonyl (C=O) groups excluding carboxylic acids is 1. The van der Waals surface area contributed by atoms with Crippen molar-refractivity contribution in [2.45, 2.75) is 32.9 Å². The summed E-state index contributed by atoms with van der Waals surface area (Å²) in [5.74, 6) is 0.166. The summed E-state index contributed by atoms with van der Waals surface area (Å²) in [5.41, 5.74) is 2.72. The Labute approximate surface area is 268 Å². The second-order valence-electron chi connectivity index (χ2n) is 9.46. The van der Waals surface area contributed by atoms with E-state index in [-0.39, 0.29) is 18.3 Å². The molecule has 1 aliphatic rings. The lowest BCUT2D eigenvalue weighted by molar-refractivity contribution is -0.138. The Morgan fingerprint density at radius 1 is 1.17 bits per heavy atom. The molecule has 1 aliphatic heterocycles. The van der Waals surface area contributed by atoms with E-state index < -0.39 is 12.0 Å². The van der Waals surface area contributed by atoms with Crippen molar-refractivity contribution < 1.29 is 14.3 Å². The predicted molar refractivity (Wildman–Crippen MR) is 175 cm³/mol. The molecule has 41 heavy (non-hydrogen) atoms. The number of carbonyl (C=O) groups is 1. The van der Waals surface area contributed by atoms with Gasteiger partial charge in [-0.1, -0.05) is 81.3 Å². The quantitative estimate of drug-likeness (QED) is 0.155. The fraction of sp³-hybridized carbons (Fsp3) is 0.194. The molecule has 0 spiro atoms. The van der Waals surface area contributed by atoms with Gasteiger partial charge in [-0.2, -0.15) is 0 Å². The molecule has 210 valence electrons. The number of ether oxygens (including phenoxy) is 2. The third-order valence-electron chi connectivity index (χ3n) is 6.24. The highest BCUT2D eigenvalue weighted by molar-refractivity contribution is 14.1. The van der Waals surface area contributed by atoms with Gasteiger partial charge in [-0.25, -0.2) is 9.79 Å². The van der Waals surface area contributed by atoms with Gasteiger partial charge in [-0.05, 0) is 79.3 Å². The lowest BCUT2D eigenvalue weighted by Gasteiger charge is -2.26. The van der Waals surface area contributed by atoms with Gasteiger partial charge in [-0.3, -0.25) is 9.36 Å². The third kappa shape index (κ3) is 6.23. The molecule has 0 bridgehead atoms. The highest BCUT2D eigenvalue weighted by atomic mass is 127. The summed E-state index contributed by atoms with van der Waals surface area (Å²) in [6, 6.07) is 19.7. The zero-order valence-electron chi connectivity index (χ0n) is 22.4. The number of aromatic nitrogens is 1. The highest BCUT2D eigenvalue weighted by Crippen LogP contribution is 2.36. The SMILES string of the molecule is CCOC(=O)C1=C(c2ccccc2)N=c2s/c(=C\c3cc(Br)cc(I)c3OC(C)C)c(=O)n2[C@H]1c1ccc(Cl)cc1. The molecule has 0 amide bonds. The Kier molecular flexibility index (Phi) is 9.18. The number of hydrogen-bond acceptors (Lipinski definition) is 6. The standard InChI is InChI=1S/C31H25BrClIN2O4S/c1-4-39-30(38)25-26(18-8-6-5-7-9-18)35-31-36(27(25)19-10-12-22(33)13-11-19)29(37)24(41-31)15-20-14-21(32)16-23(34)28(20)40-17(2)3/h5-17,27H,4H2,1-3H3/b24-15-/t27-/m0/s1. The molecule has 0 radical (unpaired) electrons. The first-order chi connectivity index (χ1) is 19.7. The largest absolute Gasteiger partial charge is 0.489 e. The molecule has 6 nitrogen and oxygen atoms in total. The fourth-order valence-corrected chi connectivity index (χ4v) is 7.38. The number of thiazole rings is 1. The van der Waals surface area contributed by atoms with Gasteiger partial charge in [0.05, 0.1) is 38.1 Å². The van der Waals surface area contributed by atoms with Crippen molar-refractivity contribution in [1.82, 2.24) is 4.57 Å². The molecule has 0 saturated heterocycles. The van der Waals surface area contributed by atoms with Crippen molar-refractivity contribution in [1.29, 1.82) is 0 Å². The van der Waals surface area contributed by atoms with Crippen LogP contribution >= 0.6 is 61.5 Å². The Morgan fingerprint density at radius 2 is 1.88 bits per heavy atom. The van der Waals surface area contributed by atoms with Crippen LogP contribution < -0.4 is 19.6 Å². The molecule has 3 aromatic carbocycles. The summed E-state index contributed by atoms with van der Waals surface area (Å²) >= 11 is 13.3. The van der Waals surface area contributed by atoms with Crippen molar-refractivity contribution >= 4 is 79.2 Å². The lowest BCUT2D eigenvalue weighted by Crippen LogP contribution is -2.40. The van der Waals surface area contributed by atoms with E-state index in [9.17, 15) is 9.59 Å². The average molecular weight is 764 g/mol. The first-order valence-corrected chi connectivity index (χ1v) is 15.9. The van der Waals surface area contributed by atoms with Crippen LogP contribution in [-0.2, 0) is 9.53 Å². The van der Waals surface area contributed by atoms with Gasteiger partial charge in [0.1, 0.15) is 5.75 Å². The maximum absolute atomic E-state index is 14.2. The smallest absolute Gasteiger partial charge is 0.338 e. The molecular formula is C31H25BrClIN2O4S. The second-order valence-corrected chi connectivity index (χ2v) is 13.0. The molecule has 4 aromatic rings. The Balaban J connectivity index is 1.83. The van der Waals surface area contributed by atoms with E-state index in [2.05, 4.69) is 38.5 Å². The van der Waals surface area contributed by atoms with Gasteiger partial charge in [0, 0.05) is 20.6 Å². The van der Waals surface area contributed by atoms with Crippen LogP contribution in [0.5, 0.6) is 5.75 Å². The summed E-state index contributed by atoms with van der Waals surface area (Å²) in [7, 11) is 0. The van der Waals surface area contributed by atoms with E-state index in [0.717, 1.165) is 19.2 Å². The molecule has 0 aliphatic carbocycles. The number of rotatable bonds is 7. The molecule has 0 fully saturated rings. The average Bonchev–Trinajstić information content (AvgIpc) is 3.25. The molecule has 1 aromatic heterocycles. The van der Waals surface area contributed by atoms with Crippen LogP contribution in [0.3, 0.4) is 0 Å². The minimum Gasteiger partial charge on any atom is -0.489 e. The second kappa shape index (κ2) is 12.6. The molecule has 5 rings (SSSR count). The molecule has 0 saturated carbocycles. The van der Waals surface area contributed by atoms with Gasteiger partial charge < -0.3 is 9.47 Å². The molecule has 0 unspecified atom stereocenters. The van der Waals surface area contributed by atoms with Crippen molar-refractivity contribution in [2.75, 3.05) is 6.61 Å². The number of nitrogens with zero attached hydrogens (tertiary/aromatic N) is 2. The monoisotopic (exact) mass is 762 g/mol. The number of halogens is 3. The number of fused-ring (bicyclic) bond motifs is 1. The Bertz CT molecular complexity index is 1830. The van der Waals surface area contributed by atoms with Crippen LogP contribution in [0.2, 0.25) is 5.02 Å². The summed E-state index contributed by atoms with van der Waals surface area (Å²) in [6.07, 6.45) is 1.77. The van der Waals surface area contributed by atoms with Crippen molar-refractivity contribution in [3.63, 3.8) is 0 Å². The zero-order chi connectivity index (χ0) is 29.3. The summed E-state index contributed by atoms with van der Waals surface area (Å²) < 4.78 is 15.5. The normalized spacial score (nSPS) is 15.1. The first-order valence-electron chi connectivity index (χ1n) is 12.9. The summed E-state index contributed by atoms with van der Waals surface area (Å²) in [4.78, 5) is 33.1. The molecule has 2 heterocycles. The number of hydrogen-bond donors (Lipinski definition) is 0. The van der Waals surface area contributed by atoms with Gasteiger partial charge in [0.15, 0.2) is 4.80 Å². The van der Waals surface area contributed by atoms with E-state index in [1.165, 1.54) is 11.3 Å². The van der Waals surface area contributed by atoms with E-state index in [4.69, 9.17) is 26.1 Å². The highest BCUT2D eigenvalue weighted by Gasteiger charge is 2.35. The van der Waals surface area contributed by atoms with Gasteiger partial charge >= 0.3 is 5.97 Å². The maximum Gasteiger partial charge on any atom is 0.338 e. The zero-order valence-corrected chi connectivity index (χ0v) is 27.7. The third-order valence-corrected chi connectivity index (χ3v) is 8.73. The number of esters is 1. The molecule has 10 heteroatoms. The van der Waals surface area contributed by atoms with E-state index >= 15 is 0 Å². The Morgan fingerprint density at radius 3 is 2.54 bits per heavy atom. The van der Waals surface area contributed by atoms with Crippen LogP contribution in [-0.4, -0.2) is 23.2 Å². The van der Waals surface area contributed by atoms with Crippen molar-refractivity contribution in [3.05, 3.63) is 122 Å². The van der Waals surface area contributed by atoms with Crippen LogP contribution in [0.4, 0.5) is 0 Å². The van der Waals surface area contributed by atoms with E-state index in [1.807, 2.05) is 74.5 Å². The van der Waals surface area contributed by atoms with Gasteiger partial charge in [0.25, 0.3) is 5.56 Å². The van der Waals surface area contributed by atoms with Crippen molar-refractivity contribution in [3.8, 4) is 5.75 Å². The minimum absolute atomic E-state index is 0.0523. The Hall–Kier alpha value is -2.73. The maximum atomic E-state index is 14.2. The van der Waals surface area contributed by atoms with Crippen LogP contribution in [0.1, 0.15) is 43.5 Å². The van der Waals surface area contributed by atoms with E-state index in [1.54, 1.807) is 23.6 Å². The summed E-state index contributed by atoms with van der Waals surface area (Å²) in [6.45, 7) is 5.86. The van der Waals surface area contributed by atoms with Gasteiger partial charge in [-0.15, -0.1) is 0 Å². The fourth-order valence-electron chi connectivity index (χ4n) is 4.59. The van der Waals surface area contributed by atoms with E-state index in [0.29, 0.717) is 36.9 Å². The van der Waals surface area contributed by atoms with Crippen LogP contribution in [0.25, 0.3) is 11.8 Å². The molecular weight excluding hydrogens is 739 g/mol. The molecule has 0 N–H and O–H groups in total. The molecule has 1 atom stereocenters. The summed E-state index contributed by atoms with van der Waals surface area (Å²) in [5, 5.41) is 0.549. The van der Waals surface area contributed by atoms with Crippen LogP contribution in [0.15, 0.2) is 86.6 Å². The van der Waals surface area contributed by atoms with Crippen LogP contribution in [0, 0.1) is 3.57 Å².